The third kappa shape index (κ3) is 3.22. The van der Waals surface area contributed by atoms with E-state index in [0.29, 0.717) is 5.69 Å². The second kappa shape index (κ2) is 5.85. The van der Waals surface area contributed by atoms with Crippen LogP contribution in [0.5, 0.6) is 0 Å². The molecule has 1 saturated carbocycles. The normalized spacial score (nSPS) is 16.5. The highest BCUT2D eigenvalue weighted by molar-refractivity contribution is 5.93. The summed E-state index contributed by atoms with van der Waals surface area (Å²) in [6, 6.07) is 3.88. The van der Waals surface area contributed by atoms with Crippen LogP contribution in [-0.2, 0) is 0 Å². The predicted octanol–water partition coefficient (Wildman–Crippen LogP) is 2.38. The average molecular weight is 246 g/mol. The molecule has 1 aromatic heterocycles. The van der Waals surface area contributed by atoms with E-state index in [-0.39, 0.29) is 5.84 Å². The van der Waals surface area contributed by atoms with E-state index in [1.54, 1.807) is 6.20 Å². The van der Waals surface area contributed by atoms with Gasteiger partial charge in [0.15, 0.2) is 0 Å². The van der Waals surface area contributed by atoms with Gasteiger partial charge in [-0.25, -0.2) is 0 Å². The number of rotatable bonds is 4. The van der Waals surface area contributed by atoms with Crippen LogP contribution in [0.3, 0.4) is 0 Å². The van der Waals surface area contributed by atoms with Crippen LogP contribution >= 0.6 is 0 Å². The van der Waals surface area contributed by atoms with E-state index in [4.69, 9.17) is 11.1 Å². The minimum absolute atomic E-state index is 0.0305. The Labute approximate surface area is 109 Å². The van der Waals surface area contributed by atoms with E-state index < -0.39 is 0 Å². The Kier molecular flexibility index (Phi) is 4.18. The van der Waals surface area contributed by atoms with Gasteiger partial charge in [-0.3, -0.25) is 10.4 Å². The maximum Gasteiger partial charge on any atom is 0.141 e. The van der Waals surface area contributed by atoms with E-state index in [9.17, 15) is 0 Å². The number of anilines is 1. The van der Waals surface area contributed by atoms with Crippen molar-refractivity contribution in [2.24, 2.45) is 11.7 Å². The number of amidine groups is 1. The summed E-state index contributed by atoms with van der Waals surface area (Å²) in [5.41, 5.74) is 7.13. The van der Waals surface area contributed by atoms with Gasteiger partial charge in [0.2, 0.25) is 0 Å². The van der Waals surface area contributed by atoms with Crippen LogP contribution in [0.4, 0.5) is 5.69 Å². The average Bonchev–Trinajstić information content (AvgIpc) is 2.40. The smallest absolute Gasteiger partial charge is 0.141 e. The largest absolute Gasteiger partial charge is 0.382 e. The number of hydrogen-bond donors (Lipinski definition) is 2. The molecule has 98 valence electrons. The Morgan fingerprint density at radius 1 is 1.44 bits per heavy atom. The van der Waals surface area contributed by atoms with E-state index in [0.717, 1.165) is 18.2 Å². The SMILES string of the molecule is CN(CC1CCCCC1)c1ccnc(C(=N)N)c1. The molecular weight excluding hydrogens is 224 g/mol. The maximum absolute atomic E-state index is 7.42. The van der Waals surface area contributed by atoms with Crippen molar-refractivity contribution in [2.45, 2.75) is 32.1 Å². The fourth-order valence-corrected chi connectivity index (χ4v) is 2.67. The molecule has 3 N–H and O–H groups in total. The minimum Gasteiger partial charge on any atom is -0.382 e. The number of hydrogen-bond acceptors (Lipinski definition) is 3. The lowest BCUT2D eigenvalue weighted by molar-refractivity contribution is 0.362. The number of pyridine rings is 1. The van der Waals surface area contributed by atoms with Gasteiger partial charge in [-0.2, -0.15) is 0 Å². The van der Waals surface area contributed by atoms with Gasteiger partial charge >= 0.3 is 0 Å². The molecule has 18 heavy (non-hydrogen) atoms. The first kappa shape index (κ1) is 12.9. The van der Waals surface area contributed by atoms with Gasteiger partial charge in [0.05, 0.1) is 0 Å². The highest BCUT2D eigenvalue weighted by Crippen LogP contribution is 2.25. The molecule has 1 aliphatic carbocycles. The summed E-state index contributed by atoms with van der Waals surface area (Å²) in [6.07, 6.45) is 8.54. The van der Waals surface area contributed by atoms with Crippen LogP contribution in [0.1, 0.15) is 37.8 Å². The molecule has 4 nitrogen and oxygen atoms in total. The summed E-state index contributed by atoms with van der Waals surface area (Å²) in [5.74, 6) is 0.834. The molecule has 0 radical (unpaired) electrons. The van der Waals surface area contributed by atoms with Crippen molar-refractivity contribution in [2.75, 3.05) is 18.5 Å². The van der Waals surface area contributed by atoms with Crippen LogP contribution < -0.4 is 10.6 Å². The molecule has 0 saturated heterocycles. The maximum atomic E-state index is 7.42. The molecule has 0 spiro atoms. The lowest BCUT2D eigenvalue weighted by Crippen LogP contribution is -2.27. The van der Waals surface area contributed by atoms with E-state index >= 15 is 0 Å². The predicted molar refractivity (Wildman–Crippen MR) is 75.1 cm³/mol. The number of nitrogens with two attached hydrogens (primary N) is 1. The Bertz CT molecular complexity index is 410. The third-order valence-electron chi connectivity index (χ3n) is 3.72. The van der Waals surface area contributed by atoms with Gasteiger partial charge in [0.1, 0.15) is 11.5 Å². The monoisotopic (exact) mass is 246 g/mol. The molecule has 1 fully saturated rings. The van der Waals surface area contributed by atoms with Crippen LogP contribution in [0.25, 0.3) is 0 Å². The van der Waals surface area contributed by atoms with Gasteiger partial charge in [-0.05, 0) is 30.9 Å². The number of nitrogen functional groups attached to an aromatic ring is 1. The number of aromatic nitrogens is 1. The first-order valence-electron chi connectivity index (χ1n) is 6.68. The highest BCUT2D eigenvalue weighted by Gasteiger charge is 2.16. The fraction of sp³-hybridized carbons (Fsp3) is 0.571. The van der Waals surface area contributed by atoms with Crippen LogP contribution in [-0.4, -0.2) is 24.4 Å². The summed E-state index contributed by atoms with van der Waals surface area (Å²) in [7, 11) is 2.11. The highest BCUT2D eigenvalue weighted by atomic mass is 15.1. The molecule has 0 aliphatic heterocycles. The van der Waals surface area contributed by atoms with Crippen LogP contribution in [0.2, 0.25) is 0 Å². The third-order valence-corrected chi connectivity index (χ3v) is 3.72. The summed E-state index contributed by atoms with van der Waals surface area (Å²) in [4.78, 5) is 6.35. The zero-order valence-electron chi connectivity index (χ0n) is 11.0. The summed E-state index contributed by atoms with van der Waals surface area (Å²) < 4.78 is 0. The zero-order chi connectivity index (χ0) is 13.0. The van der Waals surface area contributed by atoms with Crippen molar-refractivity contribution in [3.8, 4) is 0 Å². The van der Waals surface area contributed by atoms with Crippen molar-refractivity contribution in [1.29, 1.82) is 5.41 Å². The van der Waals surface area contributed by atoms with Gasteiger partial charge < -0.3 is 10.6 Å². The van der Waals surface area contributed by atoms with Crippen molar-refractivity contribution >= 4 is 11.5 Å². The van der Waals surface area contributed by atoms with Crippen molar-refractivity contribution in [3.05, 3.63) is 24.0 Å². The standard InChI is InChI=1S/C14H22N4/c1-18(10-11-5-3-2-4-6-11)12-7-8-17-13(9-12)14(15)16/h7-9,11H,2-6,10H2,1H3,(H3,15,16). The van der Waals surface area contributed by atoms with Gasteiger partial charge in [-0.15, -0.1) is 0 Å². The summed E-state index contributed by atoms with van der Waals surface area (Å²) in [5, 5.41) is 7.42. The first-order chi connectivity index (χ1) is 8.66. The second-order valence-electron chi connectivity index (χ2n) is 5.20. The van der Waals surface area contributed by atoms with Gasteiger partial charge in [0, 0.05) is 25.5 Å². The van der Waals surface area contributed by atoms with E-state index in [2.05, 4.69) is 16.9 Å². The molecule has 1 heterocycles. The fourth-order valence-electron chi connectivity index (χ4n) is 2.67. The molecule has 0 aromatic carbocycles. The molecular formula is C14H22N4. The lowest BCUT2D eigenvalue weighted by atomic mass is 9.89. The molecule has 4 heteroatoms. The molecule has 0 atom stereocenters. The van der Waals surface area contributed by atoms with E-state index in [1.165, 1.54) is 32.1 Å². The molecule has 1 aromatic rings. The molecule has 0 unspecified atom stereocenters. The quantitative estimate of drug-likeness (QED) is 0.633. The summed E-state index contributed by atoms with van der Waals surface area (Å²) in [6.45, 7) is 1.08. The Morgan fingerprint density at radius 2 is 2.17 bits per heavy atom. The Morgan fingerprint density at radius 3 is 2.83 bits per heavy atom. The molecule has 2 rings (SSSR count). The second-order valence-corrected chi connectivity index (χ2v) is 5.20. The van der Waals surface area contributed by atoms with Crippen molar-refractivity contribution in [3.63, 3.8) is 0 Å². The molecule has 1 aliphatic rings. The minimum atomic E-state index is 0.0305. The summed E-state index contributed by atoms with van der Waals surface area (Å²) >= 11 is 0. The molecule has 0 bridgehead atoms. The van der Waals surface area contributed by atoms with Gasteiger partial charge in [0.25, 0.3) is 0 Å². The first-order valence-corrected chi connectivity index (χ1v) is 6.68. The zero-order valence-corrected chi connectivity index (χ0v) is 11.0. The van der Waals surface area contributed by atoms with Crippen LogP contribution in [0, 0.1) is 11.3 Å². The van der Waals surface area contributed by atoms with E-state index in [1.807, 2.05) is 12.1 Å². The topological polar surface area (TPSA) is 66.0 Å². The number of nitrogens with zero attached hydrogens (tertiary/aromatic N) is 2. The number of nitrogens with one attached hydrogen (secondary N) is 1. The lowest BCUT2D eigenvalue weighted by Gasteiger charge is -2.28. The Hall–Kier alpha value is -1.58. The van der Waals surface area contributed by atoms with Gasteiger partial charge in [-0.1, -0.05) is 19.3 Å². The van der Waals surface area contributed by atoms with Crippen molar-refractivity contribution < 1.29 is 0 Å². The Balaban J connectivity index is 2.01. The molecule has 0 amide bonds. The van der Waals surface area contributed by atoms with Crippen molar-refractivity contribution in [1.82, 2.24) is 4.98 Å². The van der Waals surface area contributed by atoms with Crippen LogP contribution in [0.15, 0.2) is 18.3 Å².